The van der Waals surface area contributed by atoms with Crippen LogP contribution in [0.5, 0.6) is 0 Å². The molecule has 0 saturated heterocycles. The summed E-state index contributed by atoms with van der Waals surface area (Å²) < 4.78 is 10.9. The zero-order valence-electron chi connectivity index (χ0n) is 15.8. The van der Waals surface area contributed by atoms with Gasteiger partial charge in [0.05, 0.1) is 12.9 Å². The highest BCUT2D eigenvalue weighted by molar-refractivity contribution is 5.94. The molecule has 0 aliphatic carbocycles. The maximum atomic E-state index is 12.3. The Hall–Kier alpha value is -2.85. The zero-order chi connectivity index (χ0) is 19.1. The van der Waals surface area contributed by atoms with E-state index in [-0.39, 0.29) is 5.91 Å². The van der Waals surface area contributed by atoms with Crippen LogP contribution in [-0.2, 0) is 24.5 Å². The first-order valence-electron chi connectivity index (χ1n) is 9.18. The minimum absolute atomic E-state index is 0.0650. The molecule has 2 aromatic carbocycles. The van der Waals surface area contributed by atoms with Crippen LogP contribution in [0.2, 0.25) is 0 Å². The lowest BCUT2D eigenvalue weighted by molar-refractivity contribution is 0.0928. The lowest BCUT2D eigenvalue weighted by Crippen LogP contribution is -2.22. The van der Waals surface area contributed by atoms with E-state index in [9.17, 15) is 4.79 Å². The van der Waals surface area contributed by atoms with Crippen LogP contribution in [0.3, 0.4) is 0 Å². The largest absolute Gasteiger partial charge is 0.467 e. The fraction of sp³-hybridized carbons (Fsp3) is 0.261. The molecule has 0 aliphatic rings. The van der Waals surface area contributed by atoms with Crippen LogP contribution in [0.25, 0.3) is 0 Å². The molecule has 0 saturated carbocycles. The summed E-state index contributed by atoms with van der Waals surface area (Å²) in [5.41, 5.74) is 4.02. The van der Waals surface area contributed by atoms with Gasteiger partial charge in [-0.05, 0) is 46.9 Å². The standard InChI is InChI=1S/C23H25NO3/c1-17(2)20-8-10-21(11-9-20)23(25)24-14-18-5-3-6-19(13-18)15-26-16-22-7-4-12-27-22/h3-13,17H,14-16H2,1-2H3,(H,24,25). The smallest absolute Gasteiger partial charge is 0.251 e. The molecule has 0 bridgehead atoms. The quantitative estimate of drug-likeness (QED) is 0.609. The number of hydrogen-bond acceptors (Lipinski definition) is 3. The molecular formula is C23H25NO3. The number of furan rings is 1. The van der Waals surface area contributed by atoms with Gasteiger partial charge >= 0.3 is 0 Å². The van der Waals surface area contributed by atoms with E-state index >= 15 is 0 Å². The molecule has 1 amide bonds. The van der Waals surface area contributed by atoms with Gasteiger partial charge in [0.15, 0.2) is 0 Å². The second-order valence-corrected chi connectivity index (χ2v) is 6.85. The monoisotopic (exact) mass is 363 g/mol. The summed E-state index contributed by atoms with van der Waals surface area (Å²) in [6.07, 6.45) is 1.64. The van der Waals surface area contributed by atoms with Crippen LogP contribution in [-0.4, -0.2) is 5.91 Å². The van der Waals surface area contributed by atoms with Crippen molar-refractivity contribution in [3.8, 4) is 0 Å². The first-order chi connectivity index (χ1) is 13.1. The molecule has 0 atom stereocenters. The average Bonchev–Trinajstić information content (AvgIpc) is 3.20. The Bertz CT molecular complexity index is 852. The predicted molar refractivity (Wildman–Crippen MR) is 105 cm³/mol. The van der Waals surface area contributed by atoms with Crippen molar-refractivity contribution in [1.29, 1.82) is 0 Å². The highest BCUT2D eigenvalue weighted by Gasteiger charge is 2.07. The Morgan fingerprint density at radius 2 is 1.78 bits per heavy atom. The maximum Gasteiger partial charge on any atom is 0.251 e. The summed E-state index contributed by atoms with van der Waals surface area (Å²) in [5.74, 6) is 1.20. The minimum Gasteiger partial charge on any atom is -0.467 e. The van der Waals surface area contributed by atoms with Crippen molar-refractivity contribution in [3.05, 3.63) is 94.9 Å². The Morgan fingerprint density at radius 1 is 1.00 bits per heavy atom. The highest BCUT2D eigenvalue weighted by Crippen LogP contribution is 2.15. The Morgan fingerprint density at radius 3 is 2.48 bits per heavy atom. The summed E-state index contributed by atoms with van der Waals surface area (Å²) in [4.78, 5) is 12.3. The number of carbonyl (C=O) groups excluding carboxylic acids is 1. The van der Waals surface area contributed by atoms with Gasteiger partial charge in [-0.15, -0.1) is 0 Å². The molecule has 0 spiro atoms. The number of rotatable bonds is 8. The lowest BCUT2D eigenvalue weighted by Gasteiger charge is -2.09. The van der Waals surface area contributed by atoms with Crippen LogP contribution >= 0.6 is 0 Å². The molecule has 3 aromatic rings. The molecule has 1 aromatic heterocycles. The Kier molecular flexibility index (Phi) is 6.44. The Labute approximate surface area is 160 Å². The fourth-order valence-corrected chi connectivity index (χ4v) is 2.80. The number of nitrogens with one attached hydrogen (secondary N) is 1. The van der Waals surface area contributed by atoms with E-state index in [1.807, 2.05) is 60.7 Å². The Balaban J connectivity index is 1.50. The minimum atomic E-state index is -0.0650. The molecule has 0 radical (unpaired) electrons. The van der Waals surface area contributed by atoms with Gasteiger partial charge in [-0.25, -0.2) is 0 Å². The lowest BCUT2D eigenvalue weighted by atomic mass is 10.0. The van der Waals surface area contributed by atoms with Crippen molar-refractivity contribution in [1.82, 2.24) is 5.32 Å². The molecule has 0 aliphatic heterocycles. The SMILES string of the molecule is CC(C)c1ccc(C(=O)NCc2cccc(COCc3ccco3)c2)cc1. The molecular weight excluding hydrogens is 338 g/mol. The number of carbonyl (C=O) groups is 1. The fourth-order valence-electron chi connectivity index (χ4n) is 2.80. The average molecular weight is 363 g/mol. The van der Waals surface area contributed by atoms with Crippen LogP contribution in [0.1, 0.15) is 52.6 Å². The number of hydrogen-bond donors (Lipinski definition) is 1. The third kappa shape index (κ3) is 5.56. The molecule has 27 heavy (non-hydrogen) atoms. The third-order valence-corrected chi connectivity index (χ3v) is 4.38. The molecule has 3 rings (SSSR count). The van der Waals surface area contributed by atoms with Gasteiger partial charge in [0.2, 0.25) is 0 Å². The molecule has 4 nitrogen and oxygen atoms in total. The maximum absolute atomic E-state index is 12.3. The van der Waals surface area contributed by atoms with Gasteiger partial charge in [-0.1, -0.05) is 50.2 Å². The van der Waals surface area contributed by atoms with Crippen LogP contribution in [0.15, 0.2) is 71.3 Å². The van der Waals surface area contributed by atoms with Crippen molar-refractivity contribution in [3.63, 3.8) is 0 Å². The topological polar surface area (TPSA) is 51.5 Å². The summed E-state index contributed by atoms with van der Waals surface area (Å²) in [7, 11) is 0. The van der Waals surface area contributed by atoms with E-state index in [0.717, 1.165) is 16.9 Å². The second-order valence-electron chi connectivity index (χ2n) is 6.85. The summed E-state index contributed by atoms with van der Waals surface area (Å²) in [6, 6.07) is 19.5. The van der Waals surface area contributed by atoms with E-state index in [0.29, 0.717) is 31.2 Å². The van der Waals surface area contributed by atoms with Crippen molar-refractivity contribution in [2.75, 3.05) is 0 Å². The molecule has 140 valence electrons. The molecule has 0 fully saturated rings. The van der Waals surface area contributed by atoms with Crippen molar-refractivity contribution >= 4 is 5.91 Å². The number of benzene rings is 2. The zero-order valence-corrected chi connectivity index (χ0v) is 15.8. The number of ether oxygens (including phenoxy) is 1. The van der Waals surface area contributed by atoms with E-state index in [4.69, 9.17) is 9.15 Å². The van der Waals surface area contributed by atoms with E-state index in [1.165, 1.54) is 5.56 Å². The van der Waals surface area contributed by atoms with Gasteiger partial charge in [-0.2, -0.15) is 0 Å². The van der Waals surface area contributed by atoms with Gasteiger partial charge in [-0.3, -0.25) is 4.79 Å². The van der Waals surface area contributed by atoms with E-state index < -0.39 is 0 Å². The molecule has 4 heteroatoms. The number of amides is 1. The van der Waals surface area contributed by atoms with Crippen molar-refractivity contribution in [2.45, 2.75) is 39.5 Å². The van der Waals surface area contributed by atoms with Crippen molar-refractivity contribution in [2.24, 2.45) is 0 Å². The predicted octanol–water partition coefficient (Wildman–Crippen LogP) is 5.05. The summed E-state index contributed by atoms with van der Waals surface area (Å²) in [6.45, 7) is 5.71. The first kappa shape index (κ1) is 18.9. The van der Waals surface area contributed by atoms with Gasteiger partial charge in [0.25, 0.3) is 5.91 Å². The van der Waals surface area contributed by atoms with Gasteiger partial charge < -0.3 is 14.5 Å². The van der Waals surface area contributed by atoms with Crippen LogP contribution in [0.4, 0.5) is 0 Å². The van der Waals surface area contributed by atoms with E-state index in [2.05, 4.69) is 19.2 Å². The highest BCUT2D eigenvalue weighted by atomic mass is 16.5. The van der Waals surface area contributed by atoms with Crippen LogP contribution < -0.4 is 5.32 Å². The molecule has 0 unspecified atom stereocenters. The van der Waals surface area contributed by atoms with Gasteiger partial charge in [0, 0.05) is 12.1 Å². The van der Waals surface area contributed by atoms with Gasteiger partial charge in [0.1, 0.15) is 12.4 Å². The summed E-state index contributed by atoms with van der Waals surface area (Å²) in [5, 5.41) is 2.97. The normalized spacial score (nSPS) is 10.9. The van der Waals surface area contributed by atoms with Crippen LogP contribution in [0, 0.1) is 0 Å². The third-order valence-electron chi connectivity index (χ3n) is 4.38. The van der Waals surface area contributed by atoms with Crippen molar-refractivity contribution < 1.29 is 13.9 Å². The summed E-state index contributed by atoms with van der Waals surface area (Å²) >= 11 is 0. The second kappa shape index (κ2) is 9.19. The molecule has 1 heterocycles. The molecule has 1 N–H and O–H groups in total. The van der Waals surface area contributed by atoms with E-state index in [1.54, 1.807) is 6.26 Å². The first-order valence-corrected chi connectivity index (χ1v) is 9.18.